The number of carbonyl (C=O) groups is 1. The Morgan fingerprint density at radius 2 is 1.97 bits per heavy atom. The quantitative estimate of drug-likeness (QED) is 0.342. The number of rotatable bonds is 7. The van der Waals surface area contributed by atoms with E-state index in [1.54, 1.807) is 36.4 Å². The SMILES string of the molecule is Cc1ccc(S(=O)(=O)Oc2cnccc2/C=N/NC(=O)Cc2cccc(Cl)c2)cc1. The molecule has 0 spiro atoms. The predicted octanol–water partition coefficient (Wildman–Crippen LogP) is 3.50. The van der Waals surface area contributed by atoms with Crippen LogP contribution in [0.5, 0.6) is 5.75 Å². The molecule has 1 aromatic heterocycles. The van der Waals surface area contributed by atoms with Gasteiger partial charge in [-0.05, 0) is 42.8 Å². The largest absolute Gasteiger partial charge is 0.377 e. The smallest absolute Gasteiger partial charge is 0.339 e. The minimum absolute atomic E-state index is 0.00841. The number of hydrogen-bond donors (Lipinski definition) is 1. The number of nitrogens with one attached hydrogen (secondary N) is 1. The van der Waals surface area contributed by atoms with E-state index in [-0.39, 0.29) is 23.0 Å². The Hall–Kier alpha value is -3.23. The van der Waals surface area contributed by atoms with Crippen LogP contribution in [-0.2, 0) is 21.3 Å². The Morgan fingerprint density at radius 1 is 1.20 bits per heavy atom. The summed E-state index contributed by atoms with van der Waals surface area (Å²) in [7, 11) is -4.04. The lowest BCUT2D eigenvalue weighted by Crippen LogP contribution is -2.19. The van der Waals surface area contributed by atoms with Crippen molar-refractivity contribution in [3.05, 3.63) is 88.7 Å². The monoisotopic (exact) mass is 443 g/mol. The van der Waals surface area contributed by atoms with Gasteiger partial charge in [0.1, 0.15) is 4.90 Å². The van der Waals surface area contributed by atoms with E-state index in [0.717, 1.165) is 11.1 Å². The van der Waals surface area contributed by atoms with Crippen LogP contribution in [-0.4, -0.2) is 25.5 Å². The van der Waals surface area contributed by atoms with Gasteiger partial charge in [-0.2, -0.15) is 13.5 Å². The van der Waals surface area contributed by atoms with Gasteiger partial charge in [-0.25, -0.2) is 5.43 Å². The summed E-state index contributed by atoms with van der Waals surface area (Å²) in [5, 5.41) is 4.41. The zero-order chi connectivity index (χ0) is 21.6. The number of hydrogen-bond acceptors (Lipinski definition) is 6. The van der Waals surface area contributed by atoms with Gasteiger partial charge in [-0.15, -0.1) is 0 Å². The van der Waals surface area contributed by atoms with Crippen LogP contribution in [0, 0.1) is 6.92 Å². The average Bonchev–Trinajstić information content (AvgIpc) is 2.69. The molecule has 1 heterocycles. The summed E-state index contributed by atoms with van der Waals surface area (Å²) in [6, 6.07) is 14.7. The Kier molecular flexibility index (Phi) is 6.81. The van der Waals surface area contributed by atoms with Crippen molar-refractivity contribution in [1.82, 2.24) is 10.4 Å². The second-order valence-corrected chi connectivity index (χ2v) is 8.35. The van der Waals surface area contributed by atoms with Crippen LogP contribution in [0.15, 0.2) is 77.0 Å². The van der Waals surface area contributed by atoms with Crippen molar-refractivity contribution in [2.75, 3.05) is 0 Å². The van der Waals surface area contributed by atoms with E-state index in [0.29, 0.717) is 10.6 Å². The van der Waals surface area contributed by atoms with Crippen LogP contribution in [0.4, 0.5) is 0 Å². The lowest BCUT2D eigenvalue weighted by Gasteiger charge is -2.09. The van der Waals surface area contributed by atoms with Crippen molar-refractivity contribution in [3.8, 4) is 5.75 Å². The molecule has 0 aliphatic rings. The maximum absolute atomic E-state index is 12.5. The number of halogens is 1. The van der Waals surface area contributed by atoms with E-state index in [1.807, 2.05) is 6.92 Å². The maximum atomic E-state index is 12.5. The third-order valence-corrected chi connectivity index (χ3v) is 5.46. The topological polar surface area (TPSA) is 97.7 Å². The van der Waals surface area contributed by atoms with Crippen molar-refractivity contribution in [3.63, 3.8) is 0 Å². The highest BCUT2D eigenvalue weighted by Gasteiger charge is 2.18. The summed E-state index contributed by atoms with van der Waals surface area (Å²) in [5.74, 6) is -0.358. The highest BCUT2D eigenvalue weighted by atomic mass is 35.5. The van der Waals surface area contributed by atoms with Crippen molar-refractivity contribution in [2.45, 2.75) is 18.2 Å². The highest BCUT2D eigenvalue weighted by molar-refractivity contribution is 7.87. The van der Waals surface area contributed by atoms with Gasteiger partial charge in [-0.3, -0.25) is 9.78 Å². The van der Waals surface area contributed by atoms with Crippen LogP contribution in [0.3, 0.4) is 0 Å². The molecule has 0 aliphatic carbocycles. The molecular weight excluding hydrogens is 426 g/mol. The number of nitrogens with zero attached hydrogens (tertiary/aromatic N) is 2. The number of hydrazone groups is 1. The van der Waals surface area contributed by atoms with Crippen molar-refractivity contribution in [1.29, 1.82) is 0 Å². The molecular formula is C21H18ClN3O4S. The first-order valence-electron chi connectivity index (χ1n) is 8.85. The number of aromatic nitrogens is 1. The third kappa shape index (κ3) is 5.88. The number of benzene rings is 2. The lowest BCUT2D eigenvalue weighted by atomic mass is 10.1. The molecule has 0 saturated carbocycles. The molecule has 30 heavy (non-hydrogen) atoms. The Morgan fingerprint density at radius 3 is 2.70 bits per heavy atom. The second-order valence-electron chi connectivity index (χ2n) is 6.36. The standard InChI is InChI=1S/C21H18ClN3O4S/c1-15-5-7-19(8-6-15)30(27,28)29-20-14-23-10-9-17(20)13-24-25-21(26)12-16-3-2-4-18(22)11-16/h2-11,13-14H,12H2,1H3,(H,25,26)/b24-13+. The van der Waals surface area contributed by atoms with Crippen molar-refractivity contribution in [2.24, 2.45) is 5.10 Å². The van der Waals surface area contributed by atoms with Crippen LogP contribution >= 0.6 is 11.6 Å². The van der Waals surface area contributed by atoms with Gasteiger partial charge in [0.2, 0.25) is 5.91 Å². The molecule has 0 bridgehead atoms. The fraction of sp³-hybridized carbons (Fsp3) is 0.0952. The minimum atomic E-state index is -4.04. The van der Waals surface area contributed by atoms with E-state index >= 15 is 0 Å². The van der Waals surface area contributed by atoms with E-state index in [2.05, 4.69) is 15.5 Å². The maximum Gasteiger partial charge on any atom is 0.339 e. The molecule has 154 valence electrons. The van der Waals surface area contributed by atoms with E-state index < -0.39 is 10.1 Å². The van der Waals surface area contributed by atoms with Gasteiger partial charge in [0.15, 0.2) is 5.75 Å². The van der Waals surface area contributed by atoms with Crippen LogP contribution < -0.4 is 9.61 Å². The lowest BCUT2D eigenvalue weighted by molar-refractivity contribution is -0.120. The average molecular weight is 444 g/mol. The molecule has 0 atom stereocenters. The molecule has 3 aromatic rings. The van der Waals surface area contributed by atoms with Gasteiger partial charge in [0, 0.05) is 16.8 Å². The van der Waals surface area contributed by atoms with Crippen LogP contribution in [0.1, 0.15) is 16.7 Å². The van der Waals surface area contributed by atoms with Gasteiger partial charge >= 0.3 is 10.1 Å². The summed E-state index contributed by atoms with van der Waals surface area (Å²) in [5.41, 5.74) is 4.40. The minimum Gasteiger partial charge on any atom is -0.377 e. The van der Waals surface area contributed by atoms with Crippen molar-refractivity contribution < 1.29 is 17.4 Å². The van der Waals surface area contributed by atoms with Gasteiger partial charge in [-0.1, -0.05) is 41.4 Å². The van der Waals surface area contributed by atoms with Gasteiger partial charge in [0.05, 0.1) is 18.8 Å². The Bertz CT molecular complexity index is 1180. The van der Waals surface area contributed by atoms with Gasteiger partial charge in [0.25, 0.3) is 0 Å². The molecule has 9 heteroatoms. The first-order chi connectivity index (χ1) is 14.3. The Balaban J connectivity index is 1.69. The predicted molar refractivity (Wildman–Crippen MR) is 114 cm³/mol. The summed E-state index contributed by atoms with van der Waals surface area (Å²) in [4.78, 5) is 15.9. The first kappa shape index (κ1) is 21.5. The Labute approximate surface area is 179 Å². The molecule has 0 fully saturated rings. The number of pyridine rings is 1. The zero-order valence-electron chi connectivity index (χ0n) is 15.9. The summed E-state index contributed by atoms with van der Waals surface area (Å²) in [6.07, 6.45) is 4.11. The van der Waals surface area contributed by atoms with Crippen molar-refractivity contribution >= 4 is 33.8 Å². The molecule has 1 N–H and O–H groups in total. The van der Waals surface area contributed by atoms with E-state index in [4.69, 9.17) is 15.8 Å². The first-order valence-corrected chi connectivity index (χ1v) is 10.6. The molecule has 3 rings (SSSR count). The molecule has 1 amide bonds. The number of amides is 1. The van der Waals surface area contributed by atoms with E-state index in [1.165, 1.54) is 36.8 Å². The molecule has 0 aliphatic heterocycles. The fourth-order valence-corrected chi connectivity index (χ4v) is 3.64. The highest BCUT2D eigenvalue weighted by Crippen LogP contribution is 2.21. The van der Waals surface area contributed by atoms with Crippen LogP contribution in [0.25, 0.3) is 0 Å². The van der Waals surface area contributed by atoms with E-state index in [9.17, 15) is 13.2 Å². The summed E-state index contributed by atoms with van der Waals surface area (Å²) in [6.45, 7) is 1.85. The molecule has 2 aromatic carbocycles. The fourth-order valence-electron chi connectivity index (χ4n) is 2.48. The zero-order valence-corrected chi connectivity index (χ0v) is 17.5. The summed E-state index contributed by atoms with van der Waals surface area (Å²) >= 11 is 5.90. The summed E-state index contributed by atoms with van der Waals surface area (Å²) < 4.78 is 30.2. The third-order valence-electron chi connectivity index (χ3n) is 3.97. The number of aryl methyl sites for hydroxylation is 1. The second kappa shape index (κ2) is 9.51. The normalized spacial score (nSPS) is 11.4. The van der Waals surface area contributed by atoms with Crippen LogP contribution in [0.2, 0.25) is 5.02 Å². The molecule has 0 saturated heterocycles. The molecule has 0 radical (unpaired) electrons. The molecule has 0 unspecified atom stereocenters. The molecule has 7 nitrogen and oxygen atoms in total. The number of carbonyl (C=O) groups excluding carboxylic acids is 1. The van der Waals surface area contributed by atoms with Gasteiger partial charge < -0.3 is 4.18 Å².